The monoisotopic (exact) mass is 427 g/mol. The SMILES string of the molecule is CCc1cc(I)ccc1NC(=O)c1ccc(-c2ccccc2)cc1. The summed E-state index contributed by atoms with van der Waals surface area (Å²) in [6.45, 7) is 2.09. The minimum atomic E-state index is -0.0782. The summed E-state index contributed by atoms with van der Waals surface area (Å²) in [5, 5.41) is 3.02. The van der Waals surface area contributed by atoms with Crippen LogP contribution in [-0.4, -0.2) is 5.91 Å². The Balaban J connectivity index is 1.79. The Labute approximate surface area is 156 Å². The molecule has 24 heavy (non-hydrogen) atoms. The van der Waals surface area contributed by atoms with Crippen molar-refractivity contribution in [1.29, 1.82) is 0 Å². The third-order valence-corrected chi connectivity index (χ3v) is 4.62. The first-order valence-corrected chi connectivity index (χ1v) is 9.00. The molecular weight excluding hydrogens is 409 g/mol. The van der Waals surface area contributed by atoms with Gasteiger partial charge >= 0.3 is 0 Å². The second-order valence-electron chi connectivity index (χ2n) is 5.55. The molecule has 0 bridgehead atoms. The molecule has 0 aliphatic heterocycles. The van der Waals surface area contributed by atoms with Crippen LogP contribution in [0.25, 0.3) is 11.1 Å². The molecule has 0 heterocycles. The summed E-state index contributed by atoms with van der Waals surface area (Å²) in [6.07, 6.45) is 0.888. The quantitative estimate of drug-likeness (QED) is 0.526. The van der Waals surface area contributed by atoms with Crippen molar-refractivity contribution >= 4 is 34.2 Å². The lowest BCUT2D eigenvalue weighted by atomic mass is 10.0. The molecule has 3 rings (SSSR count). The molecule has 0 aliphatic carbocycles. The van der Waals surface area contributed by atoms with Gasteiger partial charge in [-0.05, 0) is 76.0 Å². The molecule has 0 atom stereocenters. The highest BCUT2D eigenvalue weighted by molar-refractivity contribution is 14.1. The number of amides is 1. The number of carbonyl (C=O) groups excluding carboxylic acids is 1. The number of rotatable bonds is 4. The van der Waals surface area contributed by atoms with Gasteiger partial charge in [0.2, 0.25) is 0 Å². The number of halogens is 1. The largest absolute Gasteiger partial charge is 0.322 e. The summed E-state index contributed by atoms with van der Waals surface area (Å²) < 4.78 is 1.18. The van der Waals surface area contributed by atoms with Crippen molar-refractivity contribution in [2.45, 2.75) is 13.3 Å². The highest BCUT2D eigenvalue weighted by Crippen LogP contribution is 2.22. The van der Waals surface area contributed by atoms with Gasteiger partial charge < -0.3 is 5.32 Å². The molecule has 3 aromatic rings. The van der Waals surface area contributed by atoms with Crippen molar-refractivity contribution < 1.29 is 4.79 Å². The van der Waals surface area contributed by atoms with Gasteiger partial charge in [0, 0.05) is 14.8 Å². The van der Waals surface area contributed by atoms with E-state index in [1.165, 1.54) is 3.57 Å². The summed E-state index contributed by atoms with van der Waals surface area (Å²) >= 11 is 2.29. The fraction of sp³-hybridized carbons (Fsp3) is 0.0952. The van der Waals surface area contributed by atoms with Crippen molar-refractivity contribution in [3.63, 3.8) is 0 Å². The van der Waals surface area contributed by atoms with Crippen LogP contribution in [0.2, 0.25) is 0 Å². The molecule has 120 valence electrons. The van der Waals surface area contributed by atoms with Crippen LogP contribution >= 0.6 is 22.6 Å². The number of hydrogen-bond donors (Lipinski definition) is 1. The van der Waals surface area contributed by atoms with E-state index in [2.05, 4.69) is 53.0 Å². The number of anilines is 1. The van der Waals surface area contributed by atoms with Gasteiger partial charge in [-0.15, -0.1) is 0 Å². The van der Waals surface area contributed by atoms with Crippen LogP contribution in [0, 0.1) is 3.57 Å². The first-order valence-electron chi connectivity index (χ1n) is 7.92. The lowest BCUT2D eigenvalue weighted by molar-refractivity contribution is 0.102. The van der Waals surface area contributed by atoms with Crippen LogP contribution < -0.4 is 5.32 Å². The number of carbonyl (C=O) groups is 1. The maximum Gasteiger partial charge on any atom is 0.255 e. The lowest BCUT2D eigenvalue weighted by Crippen LogP contribution is -2.13. The molecule has 0 unspecified atom stereocenters. The van der Waals surface area contributed by atoms with Crippen LogP contribution in [0.1, 0.15) is 22.8 Å². The van der Waals surface area contributed by atoms with E-state index in [0.717, 1.165) is 28.8 Å². The second-order valence-corrected chi connectivity index (χ2v) is 6.80. The maximum absolute atomic E-state index is 12.5. The van der Waals surface area contributed by atoms with Crippen LogP contribution in [0.5, 0.6) is 0 Å². The Kier molecular flexibility index (Phi) is 5.30. The predicted octanol–water partition coefficient (Wildman–Crippen LogP) is 5.77. The van der Waals surface area contributed by atoms with Crippen molar-refractivity contribution in [3.05, 3.63) is 87.5 Å². The average molecular weight is 427 g/mol. The molecule has 0 fully saturated rings. The number of aryl methyl sites for hydroxylation is 1. The van der Waals surface area contributed by atoms with Gasteiger partial charge in [0.05, 0.1) is 0 Å². The number of benzene rings is 3. The van der Waals surface area contributed by atoms with E-state index in [1.807, 2.05) is 54.6 Å². The Bertz CT molecular complexity index is 841. The Hall–Kier alpha value is -2.14. The first-order chi connectivity index (χ1) is 11.7. The van der Waals surface area contributed by atoms with Crippen molar-refractivity contribution in [1.82, 2.24) is 0 Å². The fourth-order valence-corrected chi connectivity index (χ4v) is 3.17. The van der Waals surface area contributed by atoms with Crippen LogP contribution in [0.15, 0.2) is 72.8 Å². The minimum Gasteiger partial charge on any atom is -0.322 e. The molecule has 1 N–H and O–H groups in total. The Morgan fingerprint density at radius 1 is 0.917 bits per heavy atom. The minimum absolute atomic E-state index is 0.0782. The fourth-order valence-electron chi connectivity index (χ4n) is 2.62. The molecular formula is C21H18INO. The van der Waals surface area contributed by atoms with Gasteiger partial charge in [-0.1, -0.05) is 49.4 Å². The lowest BCUT2D eigenvalue weighted by Gasteiger charge is -2.11. The van der Waals surface area contributed by atoms with E-state index in [0.29, 0.717) is 5.56 Å². The zero-order valence-electron chi connectivity index (χ0n) is 13.4. The van der Waals surface area contributed by atoms with Crippen molar-refractivity contribution in [2.24, 2.45) is 0 Å². The molecule has 0 radical (unpaired) electrons. The van der Waals surface area contributed by atoms with E-state index in [4.69, 9.17) is 0 Å². The number of nitrogens with one attached hydrogen (secondary N) is 1. The molecule has 0 saturated heterocycles. The highest BCUT2D eigenvalue weighted by atomic mass is 127. The van der Waals surface area contributed by atoms with E-state index < -0.39 is 0 Å². The van der Waals surface area contributed by atoms with Gasteiger partial charge in [0.25, 0.3) is 5.91 Å². The molecule has 2 nitrogen and oxygen atoms in total. The second kappa shape index (κ2) is 7.62. The standard InChI is InChI=1S/C21H18INO/c1-2-15-14-19(22)12-13-20(15)23-21(24)18-10-8-17(9-11-18)16-6-4-3-5-7-16/h3-14H,2H2,1H3,(H,23,24). The van der Waals surface area contributed by atoms with Gasteiger partial charge in [0.1, 0.15) is 0 Å². The molecule has 0 saturated carbocycles. The maximum atomic E-state index is 12.5. The van der Waals surface area contributed by atoms with Crippen molar-refractivity contribution in [2.75, 3.05) is 5.32 Å². The summed E-state index contributed by atoms with van der Waals surface area (Å²) in [5.41, 5.74) is 4.95. The molecule has 1 amide bonds. The molecule has 0 aromatic heterocycles. The average Bonchev–Trinajstić information content (AvgIpc) is 2.64. The van der Waals surface area contributed by atoms with Crippen LogP contribution in [0.4, 0.5) is 5.69 Å². The van der Waals surface area contributed by atoms with Gasteiger partial charge in [-0.2, -0.15) is 0 Å². The molecule has 3 aromatic carbocycles. The smallest absolute Gasteiger partial charge is 0.255 e. The third kappa shape index (κ3) is 3.85. The van der Waals surface area contributed by atoms with Crippen LogP contribution in [-0.2, 0) is 6.42 Å². The zero-order chi connectivity index (χ0) is 16.9. The van der Waals surface area contributed by atoms with Gasteiger partial charge in [-0.25, -0.2) is 0 Å². The number of hydrogen-bond acceptors (Lipinski definition) is 1. The van der Waals surface area contributed by atoms with Crippen LogP contribution in [0.3, 0.4) is 0 Å². The Morgan fingerprint density at radius 2 is 1.58 bits per heavy atom. The Morgan fingerprint density at radius 3 is 2.25 bits per heavy atom. The zero-order valence-corrected chi connectivity index (χ0v) is 15.6. The van der Waals surface area contributed by atoms with Gasteiger partial charge in [-0.3, -0.25) is 4.79 Å². The molecule has 0 aliphatic rings. The summed E-state index contributed by atoms with van der Waals surface area (Å²) in [5.74, 6) is -0.0782. The highest BCUT2D eigenvalue weighted by Gasteiger charge is 2.09. The normalized spacial score (nSPS) is 10.4. The third-order valence-electron chi connectivity index (χ3n) is 3.95. The van der Waals surface area contributed by atoms with Crippen molar-refractivity contribution in [3.8, 4) is 11.1 Å². The predicted molar refractivity (Wildman–Crippen MR) is 108 cm³/mol. The summed E-state index contributed by atoms with van der Waals surface area (Å²) in [4.78, 5) is 12.5. The van der Waals surface area contributed by atoms with E-state index in [1.54, 1.807) is 0 Å². The molecule has 0 spiro atoms. The summed E-state index contributed by atoms with van der Waals surface area (Å²) in [7, 11) is 0. The van der Waals surface area contributed by atoms with Gasteiger partial charge in [0.15, 0.2) is 0 Å². The first kappa shape index (κ1) is 16.7. The summed E-state index contributed by atoms with van der Waals surface area (Å²) in [6, 6.07) is 23.9. The van der Waals surface area contributed by atoms with E-state index in [-0.39, 0.29) is 5.91 Å². The molecule has 3 heteroatoms. The van der Waals surface area contributed by atoms with E-state index >= 15 is 0 Å². The topological polar surface area (TPSA) is 29.1 Å². The van der Waals surface area contributed by atoms with E-state index in [9.17, 15) is 4.79 Å².